The van der Waals surface area contributed by atoms with Gasteiger partial charge in [0, 0.05) is 19.3 Å². The number of pyridine rings is 1. The molecule has 144 valence electrons. The van der Waals surface area contributed by atoms with Gasteiger partial charge in [-0.15, -0.1) is 0 Å². The third kappa shape index (κ3) is 4.29. The molecule has 2 rings (SSSR count). The first-order chi connectivity index (χ1) is 12.2. The topological polar surface area (TPSA) is 49.6 Å². The molecule has 1 amide bonds. The second kappa shape index (κ2) is 8.26. The number of alkyl halides is 3. The monoisotopic (exact) mass is 390 g/mol. The Bertz CT molecular complexity index is 784. The standard InChI is InChI=1S/C17H22ClF3N4O/c1-4-13-14(16(26)22-7-8-24(5-2)6-3)25-10-11(17(19,20)21)9-12(18)15(25)23-13/h9-10H,4-8H2,1-3H3,(H,22,26). The second-order valence-corrected chi connectivity index (χ2v) is 6.22. The van der Waals surface area contributed by atoms with Gasteiger partial charge in [-0.1, -0.05) is 32.4 Å². The maximum absolute atomic E-state index is 13.1. The van der Waals surface area contributed by atoms with Crippen LogP contribution in [0, 0.1) is 0 Å². The molecule has 1 N–H and O–H groups in total. The number of nitrogens with zero attached hydrogens (tertiary/aromatic N) is 3. The minimum absolute atomic E-state index is 0.0926. The molecule has 5 nitrogen and oxygen atoms in total. The first-order valence-electron chi connectivity index (χ1n) is 8.51. The lowest BCUT2D eigenvalue weighted by atomic mass is 10.2. The zero-order chi connectivity index (χ0) is 19.5. The Balaban J connectivity index is 2.38. The number of likely N-dealkylation sites (N-methyl/N-ethyl adjacent to an activating group) is 1. The van der Waals surface area contributed by atoms with Gasteiger partial charge < -0.3 is 10.2 Å². The van der Waals surface area contributed by atoms with E-state index in [0.29, 0.717) is 25.2 Å². The first kappa shape index (κ1) is 20.5. The predicted octanol–water partition coefficient (Wildman–Crippen LogP) is 3.64. The number of amides is 1. The average Bonchev–Trinajstić information content (AvgIpc) is 2.97. The van der Waals surface area contributed by atoms with Crippen LogP contribution < -0.4 is 5.32 Å². The maximum atomic E-state index is 13.1. The molecule has 0 radical (unpaired) electrons. The van der Waals surface area contributed by atoms with Crippen molar-refractivity contribution < 1.29 is 18.0 Å². The number of hydrogen-bond donors (Lipinski definition) is 1. The highest BCUT2D eigenvalue weighted by Gasteiger charge is 2.33. The molecule has 0 aliphatic rings. The van der Waals surface area contributed by atoms with Crippen molar-refractivity contribution in [1.29, 1.82) is 0 Å². The molecule has 2 heterocycles. The highest BCUT2D eigenvalue weighted by Crippen LogP contribution is 2.33. The van der Waals surface area contributed by atoms with Gasteiger partial charge in [0.15, 0.2) is 5.65 Å². The van der Waals surface area contributed by atoms with Crippen LogP contribution >= 0.6 is 11.6 Å². The summed E-state index contributed by atoms with van der Waals surface area (Å²) >= 11 is 5.98. The Kier molecular flexibility index (Phi) is 6.52. The van der Waals surface area contributed by atoms with Crippen molar-refractivity contribution in [3.05, 3.63) is 34.2 Å². The van der Waals surface area contributed by atoms with Crippen molar-refractivity contribution in [3.63, 3.8) is 0 Å². The fraction of sp³-hybridized carbons (Fsp3) is 0.529. The zero-order valence-corrected chi connectivity index (χ0v) is 15.7. The van der Waals surface area contributed by atoms with Crippen LogP contribution in [0.1, 0.15) is 42.5 Å². The van der Waals surface area contributed by atoms with Gasteiger partial charge in [-0.2, -0.15) is 13.2 Å². The van der Waals surface area contributed by atoms with Gasteiger partial charge in [-0.25, -0.2) is 4.98 Å². The zero-order valence-electron chi connectivity index (χ0n) is 15.0. The van der Waals surface area contributed by atoms with E-state index >= 15 is 0 Å². The van der Waals surface area contributed by atoms with Gasteiger partial charge in [0.25, 0.3) is 5.91 Å². The number of aromatic nitrogens is 2. The van der Waals surface area contributed by atoms with Gasteiger partial charge in [-0.05, 0) is 25.6 Å². The van der Waals surface area contributed by atoms with Crippen molar-refractivity contribution in [2.24, 2.45) is 0 Å². The summed E-state index contributed by atoms with van der Waals surface area (Å²) in [7, 11) is 0. The third-order valence-corrected chi connectivity index (χ3v) is 4.51. The summed E-state index contributed by atoms with van der Waals surface area (Å²) in [6, 6.07) is 0.825. The number of aryl methyl sites for hydroxylation is 1. The molecule has 0 unspecified atom stereocenters. The summed E-state index contributed by atoms with van der Waals surface area (Å²) < 4.78 is 40.4. The van der Waals surface area contributed by atoms with Crippen LogP contribution in [-0.4, -0.2) is 46.4 Å². The third-order valence-electron chi connectivity index (χ3n) is 4.23. The lowest BCUT2D eigenvalue weighted by Gasteiger charge is -2.18. The van der Waals surface area contributed by atoms with Crippen LogP contribution in [0.2, 0.25) is 5.02 Å². The Morgan fingerprint density at radius 1 is 1.31 bits per heavy atom. The van der Waals surface area contributed by atoms with Gasteiger partial charge in [-0.3, -0.25) is 9.20 Å². The molecule has 26 heavy (non-hydrogen) atoms. The number of carbonyl (C=O) groups excluding carboxylic acids is 1. The molecule has 2 aromatic rings. The van der Waals surface area contributed by atoms with E-state index in [2.05, 4.69) is 15.2 Å². The molecule has 0 aliphatic heterocycles. The fourth-order valence-corrected chi connectivity index (χ4v) is 3.00. The van der Waals surface area contributed by atoms with E-state index < -0.39 is 17.6 Å². The molecule has 0 spiro atoms. The summed E-state index contributed by atoms with van der Waals surface area (Å²) in [5, 5.41) is 2.62. The largest absolute Gasteiger partial charge is 0.417 e. The number of fused-ring (bicyclic) bond motifs is 1. The van der Waals surface area contributed by atoms with Crippen LogP contribution in [0.3, 0.4) is 0 Å². The van der Waals surface area contributed by atoms with Crippen molar-refractivity contribution in [2.45, 2.75) is 33.4 Å². The van der Waals surface area contributed by atoms with Gasteiger partial charge >= 0.3 is 6.18 Å². The highest BCUT2D eigenvalue weighted by atomic mass is 35.5. The van der Waals surface area contributed by atoms with Crippen LogP contribution in [-0.2, 0) is 12.6 Å². The van der Waals surface area contributed by atoms with Gasteiger partial charge in [0.1, 0.15) is 5.69 Å². The minimum atomic E-state index is -4.56. The molecule has 0 bridgehead atoms. The molecule has 0 aliphatic carbocycles. The summed E-state index contributed by atoms with van der Waals surface area (Å²) in [6.45, 7) is 8.58. The smallest absolute Gasteiger partial charge is 0.349 e. The van der Waals surface area contributed by atoms with E-state index in [1.807, 2.05) is 13.8 Å². The summed E-state index contributed by atoms with van der Waals surface area (Å²) in [5.41, 5.74) is -0.278. The quantitative estimate of drug-likeness (QED) is 0.785. The van der Waals surface area contributed by atoms with Gasteiger partial charge in [0.05, 0.1) is 16.3 Å². The number of nitrogens with one attached hydrogen (secondary N) is 1. The second-order valence-electron chi connectivity index (χ2n) is 5.81. The van der Waals surface area contributed by atoms with Crippen molar-refractivity contribution in [1.82, 2.24) is 19.6 Å². The molecule has 9 heteroatoms. The summed E-state index contributed by atoms with van der Waals surface area (Å²) in [6.07, 6.45) is -3.30. The van der Waals surface area contributed by atoms with Gasteiger partial charge in [0.2, 0.25) is 0 Å². The molecule has 0 saturated heterocycles. The number of carbonyl (C=O) groups is 1. The Hall–Kier alpha value is -1.80. The van der Waals surface area contributed by atoms with E-state index in [9.17, 15) is 18.0 Å². The van der Waals surface area contributed by atoms with Crippen LogP contribution in [0.4, 0.5) is 13.2 Å². The van der Waals surface area contributed by atoms with E-state index in [1.165, 1.54) is 0 Å². The van der Waals surface area contributed by atoms with Crippen LogP contribution in [0.15, 0.2) is 12.3 Å². The lowest BCUT2D eigenvalue weighted by molar-refractivity contribution is -0.137. The Morgan fingerprint density at radius 3 is 2.50 bits per heavy atom. The predicted molar refractivity (Wildman–Crippen MR) is 94.7 cm³/mol. The summed E-state index contributed by atoms with van der Waals surface area (Å²) in [5.74, 6) is -0.461. The molecule has 0 atom stereocenters. The number of hydrogen-bond acceptors (Lipinski definition) is 3. The lowest BCUT2D eigenvalue weighted by Crippen LogP contribution is -2.35. The Morgan fingerprint density at radius 2 is 1.96 bits per heavy atom. The Labute approximate surface area is 155 Å². The average molecular weight is 391 g/mol. The molecular formula is C17H22ClF3N4O. The van der Waals surface area contributed by atoms with E-state index in [1.54, 1.807) is 6.92 Å². The number of halogens is 4. The van der Waals surface area contributed by atoms with E-state index in [-0.39, 0.29) is 16.4 Å². The van der Waals surface area contributed by atoms with Crippen molar-refractivity contribution in [2.75, 3.05) is 26.2 Å². The molecular weight excluding hydrogens is 369 g/mol. The normalized spacial score (nSPS) is 12.2. The molecule has 0 saturated carbocycles. The van der Waals surface area contributed by atoms with Crippen LogP contribution in [0.5, 0.6) is 0 Å². The first-order valence-corrected chi connectivity index (χ1v) is 8.88. The maximum Gasteiger partial charge on any atom is 0.417 e. The molecule has 0 fully saturated rings. The molecule has 0 aromatic carbocycles. The fourth-order valence-electron chi connectivity index (χ4n) is 2.74. The van der Waals surface area contributed by atoms with E-state index in [0.717, 1.165) is 29.8 Å². The number of rotatable bonds is 7. The van der Waals surface area contributed by atoms with Crippen molar-refractivity contribution in [3.8, 4) is 0 Å². The minimum Gasteiger partial charge on any atom is -0.349 e. The van der Waals surface area contributed by atoms with Crippen molar-refractivity contribution >= 4 is 23.2 Å². The number of imidazole rings is 1. The molecule has 2 aromatic heterocycles. The highest BCUT2D eigenvalue weighted by molar-refractivity contribution is 6.33. The SMILES string of the molecule is CCc1nc2c(Cl)cc(C(F)(F)F)cn2c1C(=O)NCCN(CC)CC. The van der Waals surface area contributed by atoms with Crippen LogP contribution in [0.25, 0.3) is 5.65 Å². The van der Waals surface area contributed by atoms with E-state index in [4.69, 9.17) is 11.6 Å². The summed E-state index contributed by atoms with van der Waals surface area (Å²) in [4.78, 5) is 19.0.